The number of phenolic OH excluding ortho intramolecular Hbond substituents is 2. The van der Waals surface area contributed by atoms with Gasteiger partial charge < -0.3 is 19.9 Å². The predicted molar refractivity (Wildman–Crippen MR) is 105 cm³/mol. The fourth-order valence-electron chi connectivity index (χ4n) is 2.14. The summed E-state index contributed by atoms with van der Waals surface area (Å²) in [5.41, 5.74) is 2.32. The van der Waals surface area contributed by atoms with Crippen molar-refractivity contribution in [3.63, 3.8) is 0 Å². The lowest BCUT2D eigenvalue weighted by Gasteiger charge is -2.06. The van der Waals surface area contributed by atoms with Gasteiger partial charge in [0.2, 0.25) is 5.95 Å². The van der Waals surface area contributed by atoms with Gasteiger partial charge in [-0.2, -0.15) is 0 Å². The maximum atomic E-state index is 11.2. The quantitative estimate of drug-likeness (QED) is 0.411. The van der Waals surface area contributed by atoms with Crippen molar-refractivity contribution in [2.45, 2.75) is 0 Å². The molecule has 0 aliphatic carbocycles. The van der Waals surface area contributed by atoms with Gasteiger partial charge in [0.15, 0.2) is 0 Å². The third kappa shape index (κ3) is 3.65. The Morgan fingerprint density at radius 1 is 1.31 bits per heavy atom. The Hall–Kier alpha value is -2.59. The molecule has 26 heavy (non-hydrogen) atoms. The van der Waals surface area contributed by atoms with E-state index in [2.05, 4.69) is 56.9 Å². The summed E-state index contributed by atoms with van der Waals surface area (Å²) in [5.74, 6) is 0.0418. The molecule has 0 spiro atoms. The first-order chi connectivity index (χ1) is 12.4. The molecule has 0 aliphatic rings. The number of nitrogens with zero attached hydrogens (tertiary/aromatic N) is 2. The minimum absolute atomic E-state index is 0.0942. The second-order valence-electron chi connectivity index (χ2n) is 5.12. The summed E-state index contributed by atoms with van der Waals surface area (Å²) in [7, 11) is 1.26. The van der Waals surface area contributed by atoms with Gasteiger partial charge in [0.05, 0.1) is 28.3 Å². The van der Waals surface area contributed by atoms with Crippen LogP contribution in [0.5, 0.6) is 11.5 Å². The largest absolute Gasteiger partial charge is 0.506 e. The van der Waals surface area contributed by atoms with Crippen molar-refractivity contribution >= 4 is 66.8 Å². The number of aromatic amines is 1. The zero-order valence-electron chi connectivity index (χ0n) is 13.2. The van der Waals surface area contributed by atoms with Crippen molar-refractivity contribution in [1.82, 2.24) is 9.97 Å². The lowest BCUT2D eigenvalue weighted by molar-refractivity contribution is 0.186. The van der Waals surface area contributed by atoms with E-state index in [1.807, 2.05) is 0 Å². The van der Waals surface area contributed by atoms with Crippen LogP contribution in [0.4, 0.5) is 16.4 Å². The van der Waals surface area contributed by atoms with Crippen LogP contribution in [-0.2, 0) is 4.74 Å². The van der Waals surface area contributed by atoms with Crippen LogP contribution in [0.2, 0.25) is 0 Å². The smallest absolute Gasteiger partial charge is 0.413 e. The average Bonchev–Trinajstić information content (AvgIpc) is 3.03. The van der Waals surface area contributed by atoms with Gasteiger partial charge in [-0.15, -0.1) is 0 Å². The maximum absolute atomic E-state index is 11.2. The number of fused-ring (bicyclic) bond motifs is 1. The Kier molecular flexibility index (Phi) is 5.14. The molecule has 0 fully saturated rings. The van der Waals surface area contributed by atoms with Gasteiger partial charge in [0, 0.05) is 11.8 Å². The van der Waals surface area contributed by atoms with Crippen LogP contribution in [0.3, 0.4) is 0 Å². The monoisotopic (exact) mass is 482 g/mol. The van der Waals surface area contributed by atoms with Gasteiger partial charge in [-0.05, 0) is 56.1 Å². The second-order valence-corrected chi connectivity index (χ2v) is 6.77. The molecule has 4 N–H and O–H groups in total. The molecule has 1 heterocycles. The molecule has 8 nitrogen and oxygen atoms in total. The molecule has 1 amide bonds. The minimum Gasteiger partial charge on any atom is -0.506 e. The third-order valence-electron chi connectivity index (χ3n) is 3.42. The van der Waals surface area contributed by atoms with E-state index in [0.29, 0.717) is 26.8 Å². The number of methoxy groups -OCH3 is 1. The Morgan fingerprint density at radius 3 is 2.81 bits per heavy atom. The summed E-state index contributed by atoms with van der Waals surface area (Å²) in [6.45, 7) is 0. The van der Waals surface area contributed by atoms with Crippen molar-refractivity contribution in [2.24, 2.45) is 4.99 Å². The van der Waals surface area contributed by atoms with Gasteiger partial charge in [-0.25, -0.2) is 9.78 Å². The number of H-pyrrole nitrogens is 1. The molecule has 1 aromatic heterocycles. The van der Waals surface area contributed by atoms with Crippen molar-refractivity contribution in [3.05, 3.63) is 38.8 Å². The number of rotatable bonds is 3. The zero-order chi connectivity index (χ0) is 18.8. The Labute approximate surface area is 164 Å². The number of hydrogen-bond acceptors (Lipinski definition) is 6. The standard InChI is InChI=1S/C16H12Br2N4O4/c1-26-16(25)22-15-20-10-3-2-8(5-11(10)21-15)19-6-7-4-9(17)14(24)12(18)13(7)23/h2-6,23-24H,1H3,(H2,20,21,22,25)/b19-6+. The topological polar surface area (TPSA) is 120 Å². The molecule has 10 heteroatoms. The molecule has 0 aliphatic heterocycles. The number of aliphatic imine (C=N–C) groups is 1. The molecule has 0 saturated carbocycles. The first kappa shape index (κ1) is 18.2. The van der Waals surface area contributed by atoms with Gasteiger partial charge >= 0.3 is 6.09 Å². The number of aromatic hydroxyl groups is 2. The average molecular weight is 484 g/mol. The van der Waals surface area contributed by atoms with Crippen LogP contribution < -0.4 is 5.32 Å². The maximum Gasteiger partial charge on any atom is 0.413 e. The number of nitrogens with one attached hydrogen (secondary N) is 2. The molecule has 3 aromatic rings. The fourth-order valence-corrected chi connectivity index (χ4v) is 3.29. The minimum atomic E-state index is -0.624. The van der Waals surface area contributed by atoms with Crippen LogP contribution in [0.1, 0.15) is 5.56 Å². The van der Waals surface area contributed by atoms with Crippen molar-refractivity contribution in [1.29, 1.82) is 0 Å². The number of hydrogen-bond donors (Lipinski definition) is 4. The number of carbonyl (C=O) groups excluding carboxylic acids is 1. The normalized spacial score (nSPS) is 11.2. The van der Waals surface area contributed by atoms with E-state index >= 15 is 0 Å². The number of benzene rings is 2. The van der Waals surface area contributed by atoms with E-state index < -0.39 is 6.09 Å². The van der Waals surface area contributed by atoms with E-state index in [1.165, 1.54) is 13.3 Å². The molecule has 0 radical (unpaired) electrons. The van der Waals surface area contributed by atoms with E-state index in [0.717, 1.165) is 0 Å². The molecule has 0 unspecified atom stereocenters. The molecule has 134 valence electrons. The summed E-state index contributed by atoms with van der Waals surface area (Å²) in [5, 5.41) is 22.3. The van der Waals surface area contributed by atoms with E-state index in [4.69, 9.17) is 0 Å². The molecule has 3 rings (SSSR count). The van der Waals surface area contributed by atoms with Gasteiger partial charge in [-0.1, -0.05) is 0 Å². The third-order valence-corrected chi connectivity index (χ3v) is 4.78. The highest BCUT2D eigenvalue weighted by molar-refractivity contribution is 9.11. The van der Waals surface area contributed by atoms with Crippen LogP contribution in [0.25, 0.3) is 11.0 Å². The summed E-state index contributed by atoms with van der Waals surface area (Å²) >= 11 is 6.32. The Balaban J connectivity index is 1.89. The molecule has 0 saturated heterocycles. The lowest BCUT2D eigenvalue weighted by Crippen LogP contribution is -2.11. The van der Waals surface area contributed by atoms with Gasteiger partial charge in [0.25, 0.3) is 0 Å². The second kappa shape index (κ2) is 7.34. The zero-order valence-corrected chi connectivity index (χ0v) is 16.4. The number of ether oxygens (including phenoxy) is 1. The summed E-state index contributed by atoms with van der Waals surface area (Å²) < 4.78 is 5.11. The van der Waals surface area contributed by atoms with Gasteiger partial charge in [-0.3, -0.25) is 10.3 Å². The number of anilines is 1. The molecular weight excluding hydrogens is 472 g/mol. The van der Waals surface area contributed by atoms with Gasteiger partial charge in [0.1, 0.15) is 16.0 Å². The van der Waals surface area contributed by atoms with Crippen molar-refractivity contribution in [2.75, 3.05) is 12.4 Å². The number of carbonyl (C=O) groups is 1. The van der Waals surface area contributed by atoms with Crippen LogP contribution in [-0.4, -0.2) is 39.6 Å². The highest BCUT2D eigenvalue weighted by Gasteiger charge is 2.13. The molecule has 0 atom stereocenters. The molecular formula is C16H12Br2N4O4. The fraction of sp³-hybridized carbons (Fsp3) is 0.0625. The highest BCUT2D eigenvalue weighted by Crippen LogP contribution is 2.40. The molecule has 2 aromatic carbocycles. The van der Waals surface area contributed by atoms with Crippen LogP contribution >= 0.6 is 31.9 Å². The van der Waals surface area contributed by atoms with E-state index in [-0.39, 0.29) is 21.9 Å². The summed E-state index contributed by atoms with van der Waals surface area (Å²) in [4.78, 5) is 22.7. The number of imidazole rings is 1. The van der Waals surface area contributed by atoms with Crippen molar-refractivity contribution in [3.8, 4) is 11.5 Å². The lowest BCUT2D eigenvalue weighted by atomic mass is 10.2. The Morgan fingerprint density at radius 2 is 2.08 bits per heavy atom. The molecule has 0 bridgehead atoms. The number of amides is 1. The van der Waals surface area contributed by atoms with Crippen molar-refractivity contribution < 1.29 is 19.7 Å². The summed E-state index contributed by atoms with van der Waals surface area (Å²) in [6.07, 6.45) is 0.840. The van der Waals surface area contributed by atoms with Crippen LogP contribution in [0, 0.1) is 0 Å². The van der Waals surface area contributed by atoms with E-state index in [9.17, 15) is 15.0 Å². The van der Waals surface area contributed by atoms with Crippen LogP contribution in [0.15, 0.2) is 38.2 Å². The first-order valence-electron chi connectivity index (χ1n) is 7.17. The highest BCUT2D eigenvalue weighted by atomic mass is 79.9. The SMILES string of the molecule is COC(=O)Nc1nc2cc(/N=C/c3cc(Br)c(O)c(Br)c3O)ccc2[nH]1. The number of halogens is 2. The number of aromatic nitrogens is 2. The van der Waals surface area contributed by atoms with E-state index in [1.54, 1.807) is 24.3 Å². The predicted octanol–water partition coefficient (Wildman–Crippen LogP) is 4.43. The summed E-state index contributed by atoms with van der Waals surface area (Å²) in [6, 6.07) is 6.77. The Bertz CT molecular complexity index is 1030. The first-order valence-corrected chi connectivity index (χ1v) is 8.76. The number of phenols is 2.